The van der Waals surface area contributed by atoms with E-state index in [-0.39, 0.29) is 0 Å². The summed E-state index contributed by atoms with van der Waals surface area (Å²) >= 11 is 6.29. The molecule has 0 unspecified atom stereocenters. The van der Waals surface area contributed by atoms with Gasteiger partial charge in [0.2, 0.25) is 0 Å². The van der Waals surface area contributed by atoms with E-state index >= 15 is 0 Å². The van der Waals surface area contributed by atoms with E-state index < -0.39 is 0 Å². The van der Waals surface area contributed by atoms with Crippen LogP contribution in [0, 0.1) is 6.92 Å². The smallest absolute Gasteiger partial charge is 0.165 e. The van der Waals surface area contributed by atoms with Gasteiger partial charge in [0.25, 0.3) is 0 Å². The van der Waals surface area contributed by atoms with Gasteiger partial charge in [0.05, 0.1) is 0 Å². The number of halogens is 1. The summed E-state index contributed by atoms with van der Waals surface area (Å²) in [5.41, 5.74) is 3.33. The van der Waals surface area contributed by atoms with Crippen LogP contribution in [0.2, 0.25) is 5.02 Å². The Kier molecular flexibility index (Phi) is 1.88. The van der Waals surface area contributed by atoms with Crippen LogP contribution in [0.1, 0.15) is 54.6 Å². The van der Waals surface area contributed by atoms with Gasteiger partial charge in [-0.25, -0.2) is 0 Å². The highest BCUT2D eigenvalue weighted by molar-refractivity contribution is 6.31. The molecule has 0 spiro atoms. The molecule has 0 N–H and O–H groups in total. The fourth-order valence-electron chi connectivity index (χ4n) is 2.49. The zero-order chi connectivity index (χ0) is 11.6. The van der Waals surface area contributed by atoms with Crippen LogP contribution < -0.4 is 0 Å². The first-order chi connectivity index (χ1) is 8.25. The Bertz CT molecular complexity index is 609. The number of aryl methyl sites for hydroxylation is 1. The fraction of sp³-hybridized carbons (Fsp3) is 0.538. The normalized spacial score (nSPS) is 20.1. The van der Waals surface area contributed by atoms with Gasteiger partial charge in [0.15, 0.2) is 5.65 Å². The van der Waals surface area contributed by atoms with Crippen molar-refractivity contribution in [1.29, 1.82) is 0 Å². The third kappa shape index (κ3) is 1.41. The van der Waals surface area contributed by atoms with E-state index in [0.717, 1.165) is 22.1 Å². The van der Waals surface area contributed by atoms with Crippen LogP contribution in [0.25, 0.3) is 5.65 Å². The maximum absolute atomic E-state index is 6.29. The second-order valence-electron chi connectivity index (χ2n) is 5.31. The van der Waals surface area contributed by atoms with Gasteiger partial charge >= 0.3 is 0 Å². The van der Waals surface area contributed by atoms with Crippen LogP contribution in [0.4, 0.5) is 0 Å². The maximum Gasteiger partial charge on any atom is 0.165 e. The monoisotopic (exact) mass is 247 g/mol. The molecule has 4 heteroatoms. The third-order valence-electron chi connectivity index (χ3n) is 3.85. The molecule has 2 aliphatic carbocycles. The summed E-state index contributed by atoms with van der Waals surface area (Å²) in [7, 11) is 0. The van der Waals surface area contributed by atoms with E-state index in [2.05, 4.69) is 20.7 Å². The van der Waals surface area contributed by atoms with E-state index in [9.17, 15) is 0 Å². The Morgan fingerprint density at radius 1 is 1.18 bits per heavy atom. The molecule has 0 aliphatic heterocycles. The second-order valence-corrected chi connectivity index (χ2v) is 5.72. The van der Waals surface area contributed by atoms with E-state index in [1.165, 1.54) is 31.4 Å². The zero-order valence-corrected chi connectivity index (χ0v) is 10.5. The largest absolute Gasteiger partial charge is 0.283 e. The minimum absolute atomic E-state index is 0.628. The number of hydrogen-bond acceptors (Lipinski definition) is 2. The number of fused-ring (bicyclic) bond motifs is 1. The molecule has 2 aromatic heterocycles. The highest BCUT2D eigenvalue weighted by atomic mass is 35.5. The highest BCUT2D eigenvalue weighted by Gasteiger charge is 2.33. The predicted molar refractivity (Wildman–Crippen MR) is 66.7 cm³/mol. The lowest BCUT2D eigenvalue weighted by atomic mass is 10.2. The summed E-state index contributed by atoms with van der Waals surface area (Å²) < 4.78 is 2.27. The predicted octanol–water partition coefficient (Wildman–Crippen LogP) is 3.45. The van der Waals surface area contributed by atoms with Crippen LogP contribution in [0.15, 0.2) is 6.07 Å². The highest BCUT2D eigenvalue weighted by Crippen LogP contribution is 2.45. The molecule has 3 nitrogen and oxygen atoms in total. The van der Waals surface area contributed by atoms with E-state index in [1.807, 2.05) is 6.92 Å². The molecule has 88 valence electrons. The molecule has 2 fully saturated rings. The summed E-state index contributed by atoms with van der Waals surface area (Å²) in [6, 6.07) is 2.12. The average molecular weight is 248 g/mol. The molecule has 0 saturated heterocycles. The third-order valence-corrected chi connectivity index (χ3v) is 4.25. The lowest BCUT2D eigenvalue weighted by Gasteiger charge is -2.09. The summed E-state index contributed by atoms with van der Waals surface area (Å²) in [6.45, 7) is 2.03. The fourth-order valence-corrected chi connectivity index (χ4v) is 2.68. The van der Waals surface area contributed by atoms with Crippen molar-refractivity contribution in [3.63, 3.8) is 0 Å². The lowest BCUT2D eigenvalue weighted by molar-refractivity contribution is 0.851. The van der Waals surface area contributed by atoms with Gasteiger partial charge < -0.3 is 0 Å². The van der Waals surface area contributed by atoms with E-state index in [0.29, 0.717) is 11.8 Å². The van der Waals surface area contributed by atoms with Gasteiger partial charge in [-0.15, -0.1) is 10.2 Å². The number of pyridine rings is 1. The van der Waals surface area contributed by atoms with Crippen molar-refractivity contribution in [2.45, 2.75) is 44.4 Å². The number of nitrogens with zero attached hydrogens (tertiary/aromatic N) is 3. The molecule has 2 aromatic rings. The van der Waals surface area contributed by atoms with Crippen LogP contribution in [-0.4, -0.2) is 14.6 Å². The van der Waals surface area contributed by atoms with Gasteiger partial charge in [-0.2, -0.15) is 0 Å². The van der Waals surface area contributed by atoms with E-state index in [4.69, 9.17) is 11.6 Å². The molecule has 0 atom stereocenters. The Morgan fingerprint density at radius 2 is 1.88 bits per heavy atom. The van der Waals surface area contributed by atoms with Gasteiger partial charge in [-0.1, -0.05) is 11.6 Å². The molecule has 0 amide bonds. The lowest BCUT2D eigenvalue weighted by Crippen LogP contribution is -2.01. The Morgan fingerprint density at radius 3 is 2.53 bits per heavy atom. The SMILES string of the molecule is Cc1c(Cl)cc(C2CC2)n2c(C3CC3)nnc12. The van der Waals surface area contributed by atoms with Crippen molar-refractivity contribution in [3.8, 4) is 0 Å². The molecule has 4 rings (SSSR count). The summed E-state index contributed by atoms with van der Waals surface area (Å²) in [5, 5.41) is 9.55. The second kappa shape index (κ2) is 3.22. The van der Waals surface area contributed by atoms with Crippen LogP contribution in [0.5, 0.6) is 0 Å². The van der Waals surface area contributed by atoms with Gasteiger partial charge in [0.1, 0.15) is 5.82 Å². The summed E-state index contributed by atoms with van der Waals surface area (Å²) in [4.78, 5) is 0. The molecular weight excluding hydrogens is 234 g/mol. The average Bonchev–Trinajstić information content (AvgIpc) is 3.20. The molecule has 0 bridgehead atoms. The minimum Gasteiger partial charge on any atom is -0.283 e. The quantitative estimate of drug-likeness (QED) is 0.814. The van der Waals surface area contributed by atoms with Gasteiger partial charge in [-0.05, 0) is 44.6 Å². The summed E-state index contributed by atoms with van der Waals surface area (Å²) in [5.74, 6) is 2.45. The van der Waals surface area contributed by atoms with Crippen molar-refractivity contribution < 1.29 is 0 Å². The summed E-state index contributed by atoms with van der Waals surface area (Å²) in [6.07, 6.45) is 5.06. The van der Waals surface area contributed by atoms with Crippen LogP contribution in [0.3, 0.4) is 0 Å². The van der Waals surface area contributed by atoms with Crippen molar-refractivity contribution >= 4 is 17.2 Å². The molecule has 2 heterocycles. The molecule has 17 heavy (non-hydrogen) atoms. The Balaban J connectivity index is 2.06. The standard InChI is InChI=1S/C13H14ClN3/c1-7-10(14)6-11(8-2-3-8)17-12(7)15-16-13(17)9-4-5-9/h6,8-9H,2-5H2,1H3. The zero-order valence-electron chi connectivity index (χ0n) is 9.78. The van der Waals surface area contributed by atoms with Crippen molar-refractivity contribution in [3.05, 3.63) is 28.2 Å². The van der Waals surface area contributed by atoms with Gasteiger partial charge in [0, 0.05) is 22.2 Å². The molecule has 0 aromatic carbocycles. The van der Waals surface area contributed by atoms with Gasteiger partial charge in [-0.3, -0.25) is 4.40 Å². The first kappa shape index (κ1) is 9.89. The minimum atomic E-state index is 0.628. The van der Waals surface area contributed by atoms with Crippen molar-refractivity contribution in [2.24, 2.45) is 0 Å². The maximum atomic E-state index is 6.29. The van der Waals surface area contributed by atoms with Crippen LogP contribution in [-0.2, 0) is 0 Å². The van der Waals surface area contributed by atoms with Crippen molar-refractivity contribution in [2.75, 3.05) is 0 Å². The van der Waals surface area contributed by atoms with E-state index in [1.54, 1.807) is 0 Å². The number of hydrogen-bond donors (Lipinski definition) is 0. The van der Waals surface area contributed by atoms with Crippen molar-refractivity contribution in [1.82, 2.24) is 14.6 Å². The molecule has 2 saturated carbocycles. The number of aromatic nitrogens is 3. The molecule has 2 aliphatic rings. The Labute approximate surface area is 105 Å². The molecule has 0 radical (unpaired) electrons. The number of rotatable bonds is 2. The Hall–Kier alpha value is -1.09. The molecular formula is C13H14ClN3. The first-order valence-electron chi connectivity index (χ1n) is 6.29. The topological polar surface area (TPSA) is 30.2 Å². The van der Waals surface area contributed by atoms with Crippen LogP contribution >= 0.6 is 11.6 Å². The first-order valence-corrected chi connectivity index (χ1v) is 6.67.